The van der Waals surface area contributed by atoms with Crippen LogP contribution in [0.15, 0.2) is 54.6 Å². The van der Waals surface area contributed by atoms with Crippen LogP contribution in [-0.2, 0) is 16.0 Å². The summed E-state index contributed by atoms with van der Waals surface area (Å²) in [6.45, 7) is 2.79. The van der Waals surface area contributed by atoms with E-state index in [0.29, 0.717) is 12.0 Å². The summed E-state index contributed by atoms with van der Waals surface area (Å²) in [5.74, 6) is -0.663. The van der Waals surface area contributed by atoms with Crippen LogP contribution in [0.1, 0.15) is 41.3 Å². The van der Waals surface area contributed by atoms with Crippen LogP contribution in [0.25, 0.3) is 6.08 Å². The molecule has 1 aliphatic rings. The number of hydrazine groups is 1. The van der Waals surface area contributed by atoms with E-state index in [1.54, 1.807) is 23.1 Å². The number of rotatable bonds is 5. The van der Waals surface area contributed by atoms with Crippen molar-refractivity contribution in [1.82, 2.24) is 10.9 Å². The number of amides is 3. The van der Waals surface area contributed by atoms with E-state index >= 15 is 0 Å². The van der Waals surface area contributed by atoms with E-state index in [2.05, 4.69) is 10.9 Å². The molecular weight excluding hydrogens is 354 g/mol. The molecule has 28 heavy (non-hydrogen) atoms. The highest BCUT2D eigenvalue weighted by atomic mass is 16.2. The molecule has 2 N–H and O–H groups in total. The van der Waals surface area contributed by atoms with E-state index in [-0.39, 0.29) is 11.8 Å². The molecule has 2 aromatic carbocycles. The second-order valence-electron chi connectivity index (χ2n) is 6.57. The molecule has 0 bridgehead atoms. The first-order chi connectivity index (χ1) is 13.6. The van der Waals surface area contributed by atoms with Crippen LogP contribution >= 0.6 is 0 Å². The molecule has 1 heterocycles. The van der Waals surface area contributed by atoms with Crippen molar-refractivity contribution < 1.29 is 14.4 Å². The second-order valence-corrected chi connectivity index (χ2v) is 6.57. The van der Waals surface area contributed by atoms with Crippen molar-refractivity contribution in [1.29, 1.82) is 0 Å². The number of hydrogen-bond acceptors (Lipinski definition) is 3. The maximum Gasteiger partial charge on any atom is 0.269 e. The lowest BCUT2D eigenvalue weighted by molar-refractivity contribution is -0.117. The Bertz CT molecular complexity index is 886. The molecule has 0 unspecified atom stereocenters. The first-order valence-electron chi connectivity index (χ1n) is 9.34. The molecule has 2 aromatic rings. The fourth-order valence-corrected chi connectivity index (χ4v) is 2.98. The number of carbonyl (C=O) groups is 3. The first-order valence-corrected chi connectivity index (χ1v) is 9.34. The molecular formula is C22H23N3O3. The number of anilines is 1. The maximum absolute atomic E-state index is 12.0. The lowest BCUT2D eigenvalue weighted by Gasteiger charge is -2.15. The smallest absolute Gasteiger partial charge is 0.269 e. The summed E-state index contributed by atoms with van der Waals surface area (Å²) in [6, 6.07) is 14.6. The monoisotopic (exact) mass is 377 g/mol. The molecule has 0 radical (unpaired) electrons. The molecule has 3 amide bonds. The molecule has 0 atom stereocenters. The van der Waals surface area contributed by atoms with Gasteiger partial charge in [-0.3, -0.25) is 25.2 Å². The molecule has 6 nitrogen and oxygen atoms in total. The van der Waals surface area contributed by atoms with Gasteiger partial charge in [-0.2, -0.15) is 0 Å². The van der Waals surface area contributed by atoms with Crippen LogP contribution in [0.4, 0.5) is 5.69 Å². The van der Waals surface area contributed by atoms with Crippen molar-refractivity contribution in [2.75, 3.05) is 11.4 Å². The Hall–Kier alpha value is -3.41. The second kappa shape index (κ2) is 8.99. The van der Waals surface area contributed by atoms with Crippen LogP contribution in [0, 0.1) is 0 Å². The molecule has 1 aliphatic heterocycles. The summed E-state index contributed by atoms with van der Waals surface area (Å²) >= 11 is 0. The summed E-state index contributed by atoms with van der Waals surface area (Å²) in [4.78, 5) is 37.5. The standard InChI is InChI=1S/C22H23N3O3/c1-2-16-5-10-18(11-6-16)22(28)24-23-20(26)14-9-17-7-12-19(13-8-17)25-15-3-4-21(25)27/h5-14H,2-4,15H2,1H3,(H,23,26)(H,24,28)/b14-9+. The van der Waals surface area contributed by atoms with E-state index < -0.39 is 5.91 Å². The van der Waals surface area contributed by atoms with Crippen molar-refractivity contribution >= 4 is 29.5 Å². The predicted octanol–water partition coefficient (Wildman–Crippen LogP) is 2.85. The Morgan fingerprint density at radius 1 is 1.04 bits per heavy atom. The van der Waals surface area contributed by atoms with Gasteiger partial charge in [-0.1, -0.05) is 31.2 Å². The highest BCUT2D eigenvalue weighted by Crippen LogP contribution is 2.21. The zero-order chi connectivity index (χ0) is 19.9. The van der Waals surface area contributed by atoms with Gasteiger partial charge in [0.1, 0.15) is 0 Å². The zero-order valence-corrected chi connectivity index (χ0v) is 15.8. The minimum Gasteiger partial charge on any atom is -0.312 e. The molecule has 0 aliphatic carbocycles. The quantitative estimate of drug-likeness (QED) is 0.621. The third-order valence-electron chi connectivity index (χ3n) is 4.63. The molecule has 0 aromatic heterocycles. The summed E-state index contributed by atoms with van der Waals surface area (Å²) < 4.78 is 0. The summed E-state index contributed by atoms with van der Waals surface area (Å²) in [5, 5.41) is 0. The average molecular weight is 377 g/mol. The molecule has 1 fully saturated rings. The number of aryl methyl sites for hydroxylation is 1. The zero-order valence-electron chi connectivity index (χ0n) is 15.8. The van der Waals surface area contributed by atoms with Gasteiger partial charge < -0.3 is 4.90 Å². The maximum atomic E-state index is 12.0. The minimum absolute atomic E-state index is 0.141. The highest BCUT2D eigenvalue weighted by Gasteiger charge is 2.21. The van der Waals surface area contributed by atoms with Crippen molar-refractivity contribution in [2.45, 2.75) is 26.2 Å². The molecule has 6 heteroatoms. The van der Waals surface area contributed by atoms with Crippen molar-refractivity contribution in [3.8, 4) is 0 Å². The average Bonchev–Trinajstić information content (AvgIpc) is 3.16. The van der Waals surface area contributed by atoms with Gasteiger partial charge in [0, 0.05) is 30.3 Å². The Kier molecular flexibility index (Phi) is 6.22. The number of benzene rings is 2. The van der Waals surface area contributed by atoms with Crippen molar-refractivity contribution in [3.05, 3.63) is 71.3 Å². The van der Waals surface area contributed by atoms with Gasteiger partial charge in [0.05, 0.1) is 0 Å². The van der Waals surface area contributed by atoms with E-state index in [1.807, 2.05) is 43.3 Å². The van der Waals surface area contributed by atoms with Crippen molar-refractivity contribution in [3.63, 3.8) is 0 Å². The normalized spacial score (nSPS) is 13.8. The summed E-state index contributed by atoms with van der Waals surface area (Å²) in [6.07, 6.45) is 5.37. The number of carbonyl (C=O) groups excluding carboxylic acids is 3. The number of nitrogens with zero attached hydrogens (tertiary/aromatic N) is 1. The number of hydrogen-bond donors (Lipinski definition) is 2. The topological polar surface area (TPSA) is 78.5 Å². The van der Waals surface area contributed by atoms with Gasteiger partial charge >= 0.3 is 0 Å². The van der Waals surface area contributed by atoms with Gasteiger partial charge in [0.15, 0.2) is 0 Å². The van der Waals surface area contributed by atoms with Gasteiger partial charge in [-0.15, -0.1) is 0 Å². The Morgan fingerprint density at radius 2 is 1.75 bits per heavy atom. The van der Waals surface area contributed by atoms with E-state index in [0.717, 1.165) is 36.2 Å². The van der Waals surface area contributed by atoms with Gasteiger partial charge in [0.25, 0.3) is 11.8 Å². The fraction of sp³-hybridized carbons (Fsp3) is 0.227. The van der Waals surface area contributed by atoms with Gasteiger partial charge in [-0.05, 0) is 54.3 Å². The van der Waals surface area contributed by atoms with Gasteiger partial charge in [0.2, 0.25) is 5.91 Å². The van der Waals surface area contributed by atoms with Crippen LogP contribution < -0.4 is 15.8 Å². The molecule has 0 saturated carbocycles. The van der Waals surface area contributed by atoms with Crippen LogP contribution in [0.5, 0.6) is 0 Å². The largest absolute Gasteiger partial charge is 0.312 e. The Balaban J connectivity index is 1.50. The van der Waals surface area contributed by atoms with E-state index in [1.165, 1.54) is 6.08 Å². The molecule has 1 saturated heterocycles. The van der Waals surface area contributed by atoms with E-state index in [9.17, 15) is 14.4 Å². The SMILES string of the molecule is CCc1ccc(C(=O)NNC(=O)/C=C/c2ccc(N3CCCC3=O)cc2)cc1. The lowest BCUT2D eigenvalue weighted by atomic mass is 10.1. The Labute approximate surface area is 164 Å². The van der Waals surface area contributed by atoms with Crippen LogP contribution in [0.2, 0.25) is 0 Å². The molecule has 0 spiro atoms. The highest BCUT2D eigenvalue weighted by molar-refractivity contribution is 5.98. The first kappa shape index (κ1) is 19.4. The molecule has 3 rings (SSSR count). The summed E-state index contributed by atoms with van der Waals surface area (Å²) in [5.41, 5.74) is 8.07. The van der Waals surface area contributed by atoms with Crippen LogP contribution in [-0.4, -0.2) is 24.3 Å². The lowest BCUT2D eigenvalue weighted by Crippen LogP contribution is -2.40. The predicted molar refractivity (Wildman–Crippen MR) is 108 cm³/mol. The van der Waals surface area contributed by atoms with Crippen molar-refractivity contribution in [2.24, 2.45) is 0 Å². The van der Waals surface area contributed by atoms with Gasteiger partial charge in [-0.25, -0.2) is 0 Å². The molecule has 144 valence electrons. The van der Waals surface area contributed by atoms with Crippen LogP contribution in [0.3, 0.4) is 0 Å². The minimum atomic E-state index is -0.433. The Morgan fingerprint density at radius 3 is 2.36 bits per heavy atom. The third kappa shape index (κ3) is 4.85. The summed E-state index contributed by atoms with van der Waals surface area (Å²) in [7, 11) is 0. The number of nitrogens with one attached hydrogen (secondary N) is 2. The fourth-order valence-electron chi connectivity index (χ4n) is 2.98. The van der Waals surface area contributed by atoms with E-state index in [4.69, 9.17) is 0 Å². The third-order valence-corrected chi connectivity index (χ3v) is 4.63.